The molecule has 1 heterocycles. The van der Waals surface area contributed by atoms with E-state index in [9.17, 15) is 0 Å². The van der Waals surface area contributed by atoms with E-state index in [-0.39, 0.29) is 6.04 Å². The lowest BCUT2D eigenvalue weighted by Crippen LogP contribution is -2.22. The minimum Gasteiger partial charge on any atom is -0.306 e. The van der Waals surface area contributed by atoms with Gasteiger partial charge in [0, 0.05) is 12.4 Å². The summed E-state index contributed by atoms with van der Waals surface area (Å²) in [4.78, 5) is 4.25. The van der Waals surface area contributed by atoms with Gasteiger partial charge >= 0.3 is 0 Å². The van der Waals surface area contributed by atoms with Crippen LogP contribution in [0.5, 0.6) is 0 Å². The van der Waals surface area contributed by atoms with E-state index in [2.05, 4.69) is 23.3 Å². The molecule has 0 radical (unpaired) electrons. The van der Waals surface area contributed by atoms with Gasteiger partial charge in [-0.3, -0.25) is 4.98 Å². The van der Waals surface area contributed by atoms with Gasteiger partial charge in [-0.1, -0.05) is 48.3 Å². The van der Waals surface area contributed by atoms with Crippen molar-refractivity contribution in [2.75, 3.05) is 6.54 Å². The predicted molar refractivity (Wildman–Crippen MR) is 81.0 cm³/mol. The van der Waals surface area contributed by atoms with E-state index in [1.54, 1.807) is 6.07 Å². The largest absolute Gasteiger partial charge is 0.306 e. The summed E-state index contributed by atoms with van der Waals surface area (Å²) < 4.78 is 0. The molecule has 0 spiro atoms. The van der Waals surface area contributed by atoms with Crippen molar-refractivity contribution in [2.24, 2.45) is 0 Å². The number of hydrogen-bond donors (Lipinski definition) is 1. The number of aromatic nitrogens is 1. The fraction of sp³-hybridized carbons (Fsp3) is 0.267. The Kier molecular flexibility index (Phi) is 4.81. The smallest absolute Gasteiger partial charge is 0.0643 e. The topological polar surface area (TPSA) is 24.9 Å². The van der Waals surface area contributed by atoms with Crippen LogP contribution in [0.3, 0.4) is 0 Å². The lowest BCUT2D eigenvalue weighted by Gasteiger charge is -2.20. The molecule has 1 unspecified atom stereocenters. The van der Waals surface area contributed by atoms with Crippen LogP contribution in [0.15, 0.2) is 36.7 Å². The molecule has 100 valence electrons. The van der Waals surface area contributed by atoms with Crippen molar-refractivity contribution in [3.8, 4) is 0 Å². The van der Waals surface area contributed by atoms with Crippen molar-refractivity contribution < 1.29 is 0 Å². The summed E-state index contributed by atoms with van der Waals surface area (Å²) in [6.07, 6.45) is 3.70. The molecule has 2 rings (SSSR count). The summed E-state index contributed by atoms with van der Waals surface area (Å²) in [5.74, 6) is 0. The average molecular weight is 295 g/mol. The number of benzene rings is 1. The Bertz CT molecular complexity index is 570. The van der Waals surface area contributed by atoms with Gasteiger partial charge in [0.25, 0.3) is 0 Å². The quantitative estimate of drug-likeness (QED) is 0.904. The Hall–Kier alpha value is -1.09. The maximum absolute atomic E-state index is 6.32. The molecule has 0 fully saturated rings. The molecular weight excluding hydrogens is 279 g/mol. The zero-order valence-corrected chi connectivity index (χ0v) is 12.5. The number of hydrogen-bond acceptors (Lipinski definition) is 2. The second-order valence-electron chi connectivity index (χ2n) is 4.43. The van der Waals surface area contributed by atoms with Gasteiger partial charge in [-0.2, -0.15) is 0 Å². The molecular formula is C15H16Cl2N2. The standard InChI is InChI=1S/C15H16Cl2N2/c1-3-19-15(11-7-10(2)8-18-9-11)12-5-4-6-13(16)14(12)17/h4-9,15,19H,3H2,1-2H3. The lowest BCUT2D eigenvalue weighted by molar-refractivity contribution is 0.628. The van der Waals surface area contributed by atoms with Crippen LogP contribution in [0.1, 0.15) is 29.7 Å². The van der Waals surface area contributed by atoms with Crippen LogP contribution in [0.2, 0.25) is 10.0 Å². The molecule has 4 heteroatoms. The van der Waals surface area contributed by atoms with Gasteiger partial charge in [0.2, 0.25) is 0 Å². The summed E-state index contributed by atoms with van der Waals surface area (Å²) in [7, 11) is 0. The van der Waals surface area contributed by atoms with E-state index >= 15 is 0 Å². The normalized spacial score (nSPS) is 12.4. The van der Waals surface area contributed by atoms with Crippen molar-refractivity contribution in [3.63, 3.8) is 0 Å². The first-order valence-corrected chi connectivity index (χ1v) is 6.98. The second-order valence-corrected chi connectivity index (χ2v) is 5.21. The van der Waals surface area contributed by atoms with Crippen LogP contribution in [-0.2, 0) is 0 Å². The van der Waals surface area contributed by atoms with Crippen LogP contribution in [-0.4, -0.2) is 11.5 Å². The van der Waals surface area contributed by atoms with Gasteiger partial charge in [-0.25, -0.2) is 0 Å². The highest BCUT2D eigenvalue weighted by atomic mass is 35.5. The molecule has 1 aromatic carbocycles. The van der Waals surface area contributed by atoms with Crippen LogP contribution < -0.4 is 5.32 Å². The van der Waals surface area contributed by atoms with Gasteiger partial charge in [0.15, 0.2) is 0 Å². The van der Waals surface area contributed by atoms with Gasteiger partial charge < -0.3 is 5.32 Å². The molecule has 0 bridgehead atoms. The molecule has 0 aliphatic rings. The van der Waals surface area contributed by atoms with E-state index in [4.69, 9.17) is 23.2 Å². The van der Waals surface area contributed by atoms with Gasteiger partial charge in [0.05, 0.1) is 16.1 Å². The minimum absolute atomic E-state index is 0.00333. The van der Waals surface area contributed by atoms with Crippen molar-refractivity contribution >= 4 is 23.2 Å². The molecule has 0 aliphatic carbocycles. The lowest BCUT2D eigenvalue weighted by atomic mass is 9.99. The molecule has 2 nitrogen and oxygen atoms in total. The number of rotatable bonds is 4. The summed E-state index contributed by atoms with van der Waals surface area (Å²) >= 11 is 12.4. The molecule has 1 atom stereocenters. The first kappa shape index (κ1) is 14.3. The Labute approximate surface area is 123 Å². The molecule has 0 saturated carbocycles. The molecule has 0 saturated heterocycles. The van der Waals surface area contributed by atoms with Crippen molar-refractivity contribution in [1.82, 2.24) is 10.3 Å². The fourth-order valence-corrected chi connectivity index (χ4v) is 2.51. The monoisotopic (exact) mass is 294 g/mol. The zero-order chi connectivity index (χ0) is 13.8. The van der Waals surface area contributed by atoms with Gasteiger partial charge in [-0.15, -0.1) is 0 Å². The second kappa shape index (κ2) is 6.38. The molecule has 0 amide bonds. The summed E-state index contributed by atoms with van der Waals surface area (Å²) in [5, 5.41) is 4.59. The zero-order valence-electron chi connectivity index (χ0n) is 11.0. The Morgan fingerprint density at radius 1 is 1.26 bits per heavy atom. The Balaban J connectivity index is 2.48. The average Bonchev–Trinajstić information content (AvgIpc) is 2.40. The summed E-state index contributed by atoms with van der Waals surface area (Å²) in [6.45, 7) is 4.93. The maximum atomic E-state index is 6.32. The number of halogens is 2. The third kappa shape index (κ3) is 3.27. The number of nitrogens with zero attached hydrogens (tertiary/aromatic N) is 1. The minimum atomic E-state index is 0.00333. The molecule has 2 aromatic rings. The van der Waals surface area contributed by atoms with Crippen LogP contribution in [0.25, 0.3) is 0 Å². The summed E-state index contributed by atoms with van der Waals surface area (Å²) in [6, 6.07) is 7.81. The number of nitrogens with one attached hydrogen (secondary N) is 1. The highest BCUT2D eigenvalue weighted by Gasteiger charge is 2.17. The van der Waals surface area contributed by atoms with E-state index in [0.29, 0.717) is 10.0 Å². The maximum Gasteiger partial charge on any atom is 0.0643 e. The Morgan fingerprint density at radius 3 is 2.74 bits per heavy atom. The van der Waals surface area contributed by atoms with Gasteiger partial charge in [0.1, 0.15) is 0 Å². The predicted octanol–water partition coefficient (Wildman–Crippen LogP) is 4.40. The van der Waals surface area contributed by atoms with Crippen LogP contribution >= 0.6 is 23.2 Å². The van der Waals surface area contributed by atoms with E-state index in [0.717, 1.165) is 23.2 Å². The van der Waals surface area contributed by atoms with Crippen molar-refractivity contribution in [3.05, 3.63) is 63.4 Å². The highest BCUT2D eigenvalue weighted by Crippen LogP contribution is 2.33. The third-order valence-electron chi connectivity index (χ3n) is 2.93. The third-order valence-corrected chi connectivity index (χ3v) is 3.76. The fourth-order valence-electron chi connectivity index (χ4n) is 2.09. The first-order valence-electron chi connectivity index (χ1n) is 6.22. The SMILES string of the molecule is CCNC(c1cncc(C)c1)c1cccc(Cl)c1Cl. The van der Waals surface area contributed by atoms with E-state index in [1.807, 2.05) is 31.5 Å². The van der Waals surface area contributed by atoms with Crippen molar-refractivity contribution in [1.29, 1.82) is 0 Å². The van der Waals surface area contributed by atoms with Crippen LogP contribution in [0.4, 0.5) is 0 Å². The molecule has 1 aromatic heterocycles. The number of aryl methyl sites for hydroxylation is 1. The van der Waals surface area contributed by atoms with Gasteiger partial charge in [-0.05, 0) is 36.2 Å². The van der Waals surface area contributed by atoms with Crippen molar-refractivity contribution in [2.45, 2.75) is 19.9 Å². The van der Waals surface area contributed by atoms with E-state index in [1.165, 1.54) is 0 Å². The van der Waals surface area contributed by atoms with E-state index < -0.39 is 0 Å². The molecule has 1 N–H and O–H groups in total. The number of pyridine rings is 1. The van der Waals surface area contributed by atoms with Crippen LogP contribution in [0, 0.1) is 6.92 Å². The first-order chi connectivity index (χ1) is 9.13. The summed E-state index contributed by atoms with van der Waals surface area (Å²) in [5.41, 5.74) is 3.19. The molecule has 19 heavy (non-hydrogen) atoms. The molecule has 0 aliphatic heterocycles. The Morgan fingerprint density at radius 2 is 2.05 bits per heavy atom. The highest BCUT2D eigenvalue weighted by molar-refractivity contribution is 6.42.